The fourth-order valence-corrected chi connectivity index (χ4v) is 2.90. The van der Waals surface area contributed by atoms with Crippen LogP contribution in [0.4, 0.5) is 5.69 Å². The number of hydrogen-bond acceptors (Lipinski definition) is 5. The molecular formula is C15H25N5O. The summed E-state index contributed by atoms with van der Waals surface area (Å²) in [5.41, 5.74) is 3.40. The van der Waals surface area contributed by atoms with E-state index in [1.165, 1.54) is 0 Å². The maximum Gasteiger partial charge on any atom is 0.275 e. The number of carbonyl (C=O) groups excluding carboxylic acids is 1. The first kappa shape index (κ1) is 15.7. The molecule has 1 aromatic heterocycles. The van der Waals surface area contributed by atoms with Crippen LogP contribution in [0.15, 0.2) is 6.20 Å². The number of amides is 1. The van der Waals surface area contributed by atoms with Crippen molar-refractivity contribution in [3.05, 3.63) is 17.7 Å². The molecule has 2 heterocycles. The minimum atomic E-state index is -0.0518. The summed E-state index contributed by atoms with van der Waals surface area (Å²) >= 11 is 0. The highest BCUT2D eigenvalue weighted by atomic mass is 16.2. The van der Waals surface area contributed by atoms with E-state index >= 15 is 0 Å². The number of carbonyl (C=O) groups is 1. The predicted octanol–water partition coefficient (Wildman–Crippen LogP) is 2.29. The molecule has 1 fully saturated rings. The van der Waals surface area contributed by atoms with E-state index in [1.54, 1.807) is 6.20 Å². The molecular weight excluding hydrogens is 266 g/mol. The zero-order valence-electron chi connectivity index (χ0n) is 13.3. The number of hydrazine groups is 1. The van der Waals surface area contributed by atoms with E-state index in [9.17, 15) is 4.79 Å². The first-order valence-electron chi connectivity index (χ1n) is 7.65. The summed E-state index contributed by atoms with van der Waals surface area (Å²) in [5.74, 6) is 6.29. The van der Waals surface area contributed by atoms with E-state index in [4.69, 9.17) is 5.84 Å². The van der Waals surface area contributed by atoms with Crippen molar-refractivity contribution in [2.75, 3.05) is 5.43 Å². The van der Waals surface area contributed by atoms with Gasteiger partial charge < -0.3 is 10.3 Å². The lowest BCUT2D eigenvalue weighted by Crippen LogP contribution is -2.40. The van der Waals surface area contributed by atoms with Gasteiger partial charge in [-0.1, -0.05) is 20.8 Å². The van der Waals surface area contributed by atoms with Gasteiger partial charge in [0.05, 0.1) is 11.9 Å². The summed E-state index contributed by atoms with van der Waals surface area (Å²) in [4.78, 5) is 23.6. The third kappa shape index (κ3) is 3.00. The molecule has 6 heteroatoms. The summed E-state index contributed by atoms with van der Waals surface area (Å²) in [7, 11) is 0. The van der Waals surface area contributed by atoms with Gasteiger partial charge in [0.2, 0.25) is 0 Å². The Kier molecular flexibility index (Phi) is 4.77. The van der Waals surface area contributed by atoms with E-state index in [-0.39, 0.29) is 23.9 Å². The lowest BCUT2D eigenvalue weighted by atomic mass is 10.1. The Bertz CT molecular complexity index is 517. The number of hydrogen-bond donors (Lipinski definition) is 2. The summed E-state index contributed by atoms with van der Waals surface area (Å²) in [6, 6.07) is 0.529. The van der Waals surface area contributed by atoms with Gasteiger partial charge in [-0.3, -0.25) is 10.6 Å². The highest BCUT2D eigenvalue weighted by Gasteiger charge is 2.35. The number of nitrogens with two attached hydrogens (primary N) is 1. The second-order valence-corrected chi connectivity index (χ2v) is 5.99. The third-order valence-electron chi connectivity index (χ3n) is 4.17. The quantitative estimate of drug-likeness (QED) is 0.657. The lowest BCUT2D eigenvalue weighted by Gasteiger charge is -2.28. The topological polar surface area (TPSA) is 84.1 Å². The smallest absolute Gasteiger partial charge is 0.275 e. The van der Waals surface area contributed by atoms with Crippen molar-refractivity contribution in [3.8, 4) is 0 Å². The molecule has 0 aliphatic carbocycles. The predicted molar refractivity (Wildman–Crippen MR) is 82.9 cm³/mol. The Morgan fingerprint density at radius 1 is 1.52 bits per heavy atom. The standard InChI is InChI=1S/C15H25N5O/c1-5-11-7-6-10(4)20(11)15(21)13-12(19-16)8-17-14(18-13)9(2)3/h8-11,19H,5-7,16H2,1-4H3. The van der Waals surface area contributed by atoms with Crippen LogP contribution in [0, 0.1) is 0 Å². The number of nitrogen functional groups attached to an aromatic ring is 1. The summed E-state index contributed by atoms with van der Waals surface area (Å²) in [6.07, 6.45) is 4.65. The number of nitrogens with zero attached hydrogens (tertiary/aromatic N) is 3. The second kappa shape index (κ2) is 6.39. The van der Waals surface area contributed by atoms with Crippen molar-refractivity contribution in [1.29, 1.82) is 0 Å². The van der Waals surface area contributed by atoms with Gasteiger partial charge in [-0.05, 0) is 26.2 Å². The Labute approximate surface area is 126 Å². The Morgan fingerprint density at radius 3 is 2.81 bits per heavy atom. The molecule has 21 heavy (non-hydrogen) atoms. The van der Waals surface area contributed by atoms with E-state index in [0.29, 0.717) is 17.2 Å². The molecule has 6 nitrogen and oxygen atoms in total. The summed E-state index contributed by atoms with van der Waals surface area (Å²) in [5, 5.41) is 0. The molecule has 1 aliphatic rings. The zero-order chi connectivity index (χ0) is 15.6. The maximum atomic E-state index is 12.9. The molecule has 0 bridgehead atoms. The molecule has 116 valence electrons. The van der Waals surface area contributed by atoms with Crippen molar-refractivity contribution < 1.29 is 4.79 Å². The fourth-order valence-electron chi connectivity index (χ4n) is 2.90. The molecule has 0 aromatic carbocycles. The van der Waals surface area contributed by atoms with Crippen molar-refractivity contribution in [2.45, 2.75) is 65.0 Å². The van der Waals surface area contributed by atoms with Gasteiger partial charge in [0, 0.05) is 18.0 Å². The second-order valence-electron chi connectivity index (χ2n) is 5.99. The van der Waals surface area contributed by atoms with Gasteiger partial charge in [0.25, 0.3) is 5.91 Å². The molecule has 2 atom stereocenters. The molecule has 0 saturated carbocycles. The van der Waals surface area contributed by atoms with Crippen LogP contribution in [0.3, 0.4) is 0 Å². The minimum absolute atomic E-state index is 0.0518. The van der Waals surface area contributed by atoms with Gasteiger partial charge in [0.1, 0.15) is 5.82 Å². The van der Waals surface area contributed by atoms with Crippen molar-refractivity contribution in [1.82, 2.24) is 14.9 Å². The summed E-state index contributed by atoms with van der Waals surface area (Å²) in [6.45, 7) is 8.22. The fraction of sp³-hybridized carbons (Fsp3) is 0.667. The molecule has 0 spiro atoms. The molecule has 0 radical (unpaired) electrons. The van der Waals surface area contributed by atoms with Gasteiger partial charge >= 0.3 is 0 Å². The monoisotopic (exact) mass is 291 g/mol. The van der Waals surface area contributed by atoms with Gasteiger partial charge in [0.15, 0.2) is 5.69 Å². The molecule has 2 rings (SSSR count). The molecule has 1 aliphatic heterocycles. The number of aromatic nitrogens is 2. The number of likely N-dealkylation sites (tertiary alicyclic amines) is 1. The Morgan fingerprint density at radius 2 is 2.24 bits per heavy atom. The lowest BCUT2D eigenvalue weighted by molar-refractivity contribution is 0.0670. The van der Waals surface area contributed by atoms with Crippen LogP contribution >= 0.6 is 0 Å². The normalized spacial score (nSPS) is 21.9. The largest absolute Gasteiger partial charge is 0.332 e. The highest BCUT2D eigenvalue weighted by Crippen LogP contribution is 2.29. The van der Waals surface area contributed by atoms with Crippen LogP contribution in [0.2, 0.25) is 0 Å². The van der Waals surface area contributed by atoms with E-state index < -0.39 is 0 Å². The van der Waals surface area contributed by atoms with Crippen LogP contribution in [-0.2, 0) is 0 Å². The van der Waals surface area contributed by atoms with Gasteiger partial charge in [-0.25, -0.2) is 9.97 Å². The van der Waals surface area contributed by atoms with Crippen LogP contribution in [0.25, 0.3) is 0 Å². The van der Waals surface area contributed by atoms with Gasteiger partial charge in [-0.15, -0.1) is 0 Å². The third-order valence-corrected chi connectivity index (χ3v) is 4.17. The van der Waals surface area contributed by atoms with Gasteiger partial charge in [-0.2, -0.15) is 0 Å². The average Bonchev–Trinajstić information content (AvgIpc) is 2.86. The first-order valence-corrected chi connectivity index (χ1v) is 7.65. The number of rotatable bonds is 4. The van der Waals surface area contributed by atoms with Crippen LogP contribution < -0.4 is 11.3 Å². The van der Waals surface area contributed by atoms with Crippen molar-refractivity contribution >= 4 is 11.6 Å². The highest BCUT2D eigenvalue weighted by molar-refractivity contribution is 5.98. The van der Waals surface area contributed by atoms with Crippen LogP contribution in [-0.4, -0.2) is 32.9 Å². The Hall–Kier alpha value is -1.69. The van der Waals surface area contributed by atoms with E-state index in [1.807, 2.05) is 18.7 Å². The molecule has 1 amide bonds. The average molecular weight is 291 g/mol. The van der Waals surface area contributed by atoms with E-state index in [0.717, 1.165) is 19.3 Å². The maximum absolute atomic E-state index is 12.9. The molecule has 1 saturated heterocycles. The van der Waals surface area contributed by atoms with E-state index in [2.05, 4.69) is 29.2 Å². The number of anilines is 1. The summed E-state index contributed by atoms with van der Waals surface area (Å²) < 4.78 is 0. The molecule has 3 N–H and O–H groups in total. The zero-order valence-corrected chi connectivity index (χ0v) is 13.3. The minimum Gasteiger partial charge on any atom is -0.332 e. The van der Waals surface area contributed by atoms with Crippen molar-refractivity contribution in [3.63, 3.8) is 0 Å². The SMILES string of the molecule is CCC1CCC(C)N1C(=O)c1nc(C(C)C)ncc1NN. The van der Waals surface area contributed by atoms with Crippen LogP contribution in [0.5, 0.6) is 0 Å². The van der Waals surface area contributed by atoms with Crippen LogP contribution in [0.1, 0.15) is 69.2 Å². The Balaban J connectivity index is 2.39. The number of nitrogens with one attached hydrogen (secondary N) is 1. The van der Waals surface area contributed by atoms with Crippen molar-refractivity contribution in [2.24, 2.45) is 5.84 Å². The molecule has 1 aromatic rings. The first-order chi connectivity index (χ1) is 9.99. The molecule has 2 unspecified atom stereocenters.